The van der Waals surface area contributed by atoms with Gasteiger partial charge in [-0.1, -0.05) is 13.3 Å². The molecule has 1 N–H and O–H groups in total. The maximum Gasteiger partial charge on any atom is 0.242 e. The molecule has 0 spiro atoms. The molecule has 4 heteroatoms. The molecule has 0 bridgehead atoms. The van der Waals surface area contributed by atoms with Crippen molar-refractivity contribution in [3.05, 3.63) is 0 Å². The van der Waals surface area contributed by atoms with E-state index in [9.17, 15) is 9.90 Å². The highest BCUT2D eigenvalue weighted by Crippen LogP contribution is 2.25. The molecule has 0 radical (unpaired) electrons. The third kappa shape index (κ3) is 2.55. The highest BCUT2D eigenvalue weighted by atomic mass is 16.3. The summed E-state index contributed by atoms with van der Waals surface area (Å²) in [5.41, 5.74) is -0.0504. The predicted octanol–water partition coefficient (Wildman–Crippen LogP) is 0.700. The Bertz CT molecular complexity index is 253. The normalized spacial score (nSPS) is 26.2. The number of likely N-dealkylation sites (N-methyl/N-ethyl adjacent to an activating group) is 1. The summed E-state index contributed by atoms with van der Waals surface area (Å²) in [5, 5.41) is 9.39. The highest BCUT2D eigenvalue weighted by molar-refractivity contribution is 5.83. The van der Waals surface area contributed by atoms with Gasteiger partial charge in [0.2, 0.25) is 5.91 Å². The number of unbranched alkanes of at least 4 members (excludes halogenated alkanes) is 1. The second-order valence-electron chi connectivity index (χ2n) is 5.25. The molecule has 94 valence electrons. The first-order valence-corrected chi connectivity index (χ1v) is 6.06. The molecule has 16 heavy (non-hydrogen) atoms. The summed E-state index contributed by atoms with van der Waals surface area (Å²) < 4.78 is 0. The van der Waals surface area contributed by atoms with E-state index in [1.807, 2.05) is 7.05 Å². The zero-order valence-electron chi connectivity index (χ0n) is 10.9. The average Bonchev–Trinajstić information content (AvgIpc) is 2.20. The molecule has 1 atom stereocenters. The number of aliphatic hydroxyl groups is 1. The van der Waals surface area contributed by atoms with E-state index in [0.717, 1.165) is 25.9 Å². The van der Waals surface area contributed by atoms with Gasteiger partial charge in [0.05, 0.1) is 6.61 Å². The van der Waals surface area contributed by atoms with Gasteiger partial charge in [0.1, 0.15) is 6.04 Å². The fourth-order valence-corrected chi connectivity index (χ4v) is 2.52. The van der Waals surface area contributed by atoms with Crippen LogP contribution in [0.1, 0.15) is 33.6 Å². The lowest BCUT2D eigenvalue weighted by molar-refractivity contribution is -0.150. The van der Waals surface area contributed by atoms with Crippen LogP contribution in [-0.4, -0.2) is 59.1 Å². The van der Waals surface area contributed by atoms with Crippen LogP contribution in [0.15, 0.2) is 0 Å². The molecule has 0 saturated carbocycles. The van der Waals surface area contributed by atoms with Crippen molar-refractivity contribution in [3.8, 4) is 0 Å². The Kier molecular flexibility index (Phi) is 4.33. The molecule has 1 amide bonds. The molecule has 1 rings (SSSR count). The van der Waals surface area contributed by atoms with Crippen LogP contribution in [-0.2, 0) is 4.79 Å². The first-order valence-electron chi connectivity index (χ1n) is 6.06. The Labute approximate surface area is 98.2 Å². The van der Waals surface area contributed by atoms with Crippen molar-refractivity contribution in [1.82, 2.24) is 9.80 Å². The number of carbonyl (C=O) groups is 1. The first-order chi connectivity index (χ1) is 7.44. The Morgan fingerprint density at radius 1 is 1.50 bits per heavy atom. The third-order valence-electron chi connectivity index (χ3n) is 3.36. The number of carbonyl (C=O) groups excluding carboxylic acids is 1. The molecule has 0 aromatic heterocycles. The van der Waals surface area contributed by atoms with Crippen LogP contribution in [0.5, 0.6) is 0 Å². The molecule has 0 aromatic carbocycles. The van der Waals surface area contributed by atoms with E-state index in [4.69, 9.17) is 0 Å². The monoisotopic (exact) mass is 228 g/mol. The van der Waals surface area contributed by atoms with Crippen LogP contribution < -0.4 is 0 Å². The standard InChI is InChI=1S/C12H24N2O2/c1-5-6-7-14-10(8-15)11(16)13(4)9-12(14,2)3/h10,15H,5-9H2,1-4H3. The van der Waals surface area contributed by atoms with Crippen molar-refractivity contribution in [2.24, 2.45) is 0 Å². The molecule has 1 unspecified atom stereocenters. The SMILES string of the molecule is CCCCN1C(CO)C(=O)N(C)CC1(C)C. The number of aliphatic hydroxyl groups excluding tert-OH is 1. The van der Waals surface area contributed by atoms with Gasteiger partial charge in [-0.25, -0.2) is 0 Å². The summed E-state index contributed by atoms with van der Waals surface area (Å²) >= 11 is 0. The topological polar surface area (TPSA) is 43.8 Å². The molecule has 0 aliphatic carbocycles. The van der Waals surface area contributed by atoms with E-state index in [1.165, 1.54) is 0 Å². The van der Waals surface area contributed by atoms with Gasteiger partial charge in [-0.15, -0.1) is 0 Å². The van der Waals surface area contributed by atoms with Gasteiger partial charge in [0.15, 0.2) is 0 Å². The summed E-state index contributed by atoms with van der Waals surface area (Å²) in [7, 11) is 1.81. The zero-order valence-corrected chi connectivity index (χ0v) is 10.9. The summed E-state index contributed by atoms with van der Waals surface area (Å²) in [6, 6.07) is -0.361. The maximum absolute atomic E-state index is 11.9. The van der Waals surface area contributed by atoms with E-state index < -0.39 is 0 Å². The van der Waals surface area contributed by atoms with E-state index in [-0.39, 0.29) is 24.1 Å². The van der Waals surface area contributed by atoms with Crippen LogP contribution in [0.4, 0.5) is 0 Å². The fourth-order valence-electron chi connectivity index (χ4n) is 2.52. The van der Waals surface area contributed by atoms with Crippen molar-refractivity contribution in [1.29, 1.82) is 0 Å². The number of hydrogen-bond donors (Lipinski definition) is 1. The Balaban J connectivity index is 2.84. The smallest absolute Gasteiger partial charge is 0.242 e. The van der Waals surface area contributed by atoms with Gasteiger partial charge in [-0.05, 0) is 26.8 Å². The van der Waals surface area contributed by atoms with Crippen molar-refractivity contribution in [2.75, 3.05) is 26.7 Å². The van der Waals surface area contributed by atoms with E-state index in [2.05, 4.69) is 25.7 Å². The van der Waals surface area contributed by atoms with Crippen LogP contribution in [0.25, 0.3) is 0 Å². The number of piperazine rings is 1. The molecule has 1 fully saturated rings. The van der Waals surface area contributed by atoms with Crippen LogP contribution in [0.3, 0.4) is 0 Å². The van der Waals surface area contributed by atoms with E-state index in [0.29, 0.717) is 0 Å². The van der Waals surface area contributed by atoms with E-state index >= 15 is 0 Å². The minimum absolute atomic E-state index is 0.0397. The zero-order chi connectivity index (χ0) is 12.3. The van der Waals surface area contributed by atoms with Crippen LogP contribution >= 0.6 is 0 Å². The van der Waals surface area contributed by atoms with E-state index in [1.54, 1.807) is 4.90 Å². The van der Waals surface area contributed by atoms with Gasteiger partial charge in [0, 0.05) is 19.1 Å². The molecule has 1 aliphatic heterocycles. The molecule has 1 heterocycles. The maximum atomic E-state index is 11.9. The number of rotatable bonds is 4. The van der Waals surface area contributed by atoms with Crippen molar-refractivity contribution < 1.29 is 9.90 Å². The van der Waals surface area contributed by atoms with Crippen LogP contribution in [0, 0.1) is 0 Å². The van der Waals surface area contributed by atoms with Gasteiger partial charge in [-0.3, -0.25) is 9.69 Å². The lowest BCUT2D eigenvalue weighted by Gasteiger charge is -2.49. The molecular weight excluding hydrogens is 204 g/mol. The first kappa shape index (κ1) is 13.5. The van der Waals surface area contributed by atoms with Crippen molar-refractivity contribution in [2.45, 2.75) is 45.2 Å². The lowest BCUT2D eigenvalue weighted by Crippen LogP contribution is -2.66. The minimum Gasteiger partial charge on any atom is -0.394 e. The second kappa shape index (κ2) is 5.15. The predicted molar refractivity (Wildman–Crippen MR) is 64.2 cm³/mol. The third-order valence-corrected chi connectivity index (χ3v) is 3.36. The summed E-state index contributed by atoms with van der Waals surface area (Å²) in [5.74, 6) is 0.0397. The fraction of sp³-hybridized carbons (Fsp3) is 0.917. The summed E-state index contributed by atoms with van der Waals surface area (Å²) in [6.07, 6.45) is 2.17. The Morgan fingerprint density at radius 3 is 2.62 bits per heavy atom. The lowest BCUT2D eigenvalue weighted by atomic mass is 9.94. The van der Waals surface area contributed by atoms with Gasteiger partial charge in [-0.2, -0.15) is 0 Å². The van der Waals surface area contributed by atoms with Crippen molar-refractivity contribution >= 4 is 5.91 Å². The molecular formula is C12H24N2O2. The number of nitrogens with zero attached hydrogens (tertiary/aromatic N) is 2. The van der Waals surface area contributed by atoms with Gasteiger partial charge >= 0.3 is 0 Å². The molecule has 4 nitrogen and oxygen atoms in total. The van der Waals surface area contributed by atoms with Gasteiger partial charge in [0.25, 0.3) is 0 Å². The Hall–Kier alpha value is -0.610. The van der Waals surface area contributed by atoms with Crippen LogP contribution in [0.2, 0.25) is 0 Å². The molecule has 1 saturated heterocycles. The van der Waals surface area contributed by atoms with Gasteiger partial charge < -0.3 is 10.0 Å². The largest absolute Gasteiger partial charge is 0.394 e. The second-order valence-corrected chi connectivity index (χ2v) is 5.25. The minimum atomic E-state index is -0.361. The van der Waals surface area contributed by atoms with Crippen molar-refractivity contribution in [3.63, 3.8) is 0 Å². The highest BCUT2D eigenvalue weighted by Gasteiger charge is 2.42. The number of amides is 1. The molecule has 1 aliphatic rings. The summed E-state index contributed by atoms with van der Waals surface area (Å²) in [6.45, 7) is 7.93. The Morgan fingerprint density at radius 2 is 2.12 bits per heavy atom. The quantitative estimate of drug-likeness (QED) is 0.770. The molecule has 0 aromatic rings. The average molecular weight is 228 g/mol. The number of hydrogen-bond acceptors (Lipinski definition) is 3. The summed E-state index contributed by atoms with van der Waals surface area (Å²) in [4.78, 5) is 15.8.